The van der Waals surface area contributed by atoms with E-state index in [2.05, 4.69) is 22.9 Å². The van der Waals surface area contributed by atoms with Gasteiger partial charge in [0.1, 0.15) is 0 Å². The quantitative estimate of drug-likeness (QED) is 0.387. The Balaban J connectivity index is 1.39. The van der Waals surface area contributed by atoms with E-state index in [1.807, 2.05) is 11.4 Å². The largest absolute Gasteiger partial charge is 0.338 e. The number of nitrogens with one attached hydrogen (secondary N) is 2. The number of thiophene rings is 1. The molecule has 35 heavy (non-hydrogen) atoms. The summed E-state index contributed by atoms with van der Waals surface area (Å²) >= 11 is 1.40. The minimum absolute atomic E-state index is 0.0147. The Kier molecular flexibility index (Phi) is 7.91. The summed E-state index contributed by atoms with van der Waals surface area (Å²) in [5, 5.41) is 7.04. The number of hydrogen-bond acceptors (Lipinski definition) is 6. The standard InChI is InChI=1S/C25H29N5O4S/c1-2-3-6-13-30-24(33)19-9-5-4-8-18(19)21(28-30)23(32)27-26-22(31)17-11-14-29(15-12-17)25(34)20-10-7-16-35-20/h4-5,7-10,16-17H,2-3,6,11-15H2,1H3,(H,26,31)(H,27,32). The highest BCUT2D eigenvalue weighted by Gasteiger charge is 2.28. The van der Waals surface area contributed by atoms with Crippen molar-refractivity contribution < 1.29 is 14.4 Å². The van der Waals surface area contributed by atoms with Gasteiger partial charge >= 0.3 is 0 Å². The molecule has 1 fully saturated rings. The SMILES string of the molecule is CCCCCn1nc(C(=O)NNC(=O)C2CCN(C(=O)c3cccs3)CC2)c2ccccc2c1=O. The average Bonchev–Trinajstić information content (AvgIpc) is 3.43. The number of fused-ring (bicyclic) bond motifs is 1. The van der Waals surface area contributed by atoms with Crippen LogP contribution in [-0.4, -0.2) is 45.5 Å². The number of piperidine rings is 1. The molecule has 4 rings (SSSR count). The van der Waals surface area contributed by atoms with Gasteiger partial charge in [0, 0.05) is 30.9 Å². The summed E-state index contributed by atoms with van der Waals surface area (Å²) < 4.78 is 1.33. The minimum Gasteiger partial charge on any atom is -0.338 e. The molecule has 0 atom stereocenters. The molecule has 0 spiro atoms. The first-order valence-corrected chi connectivity index (χ1v) is 12.8. The number of nitrogens with zero attached hydrogens (tertiary/aromatic N) is 3. The summed E-state index contributed by atoms with van der Waals surface area (Å²) in [4.78, 5) is 53.4. The highest BCUT2D eigenvalue weighted by atomic mass is 32.1. The number of carbonyl (C=O) groups excluding carboxylic acids is 3. The minimum atomic E-state index is -0.580. The number of aryl methyl sites for hydroxylation is 1. The Bertz CT molecular complexity index is 1260. The molecule has 0 aliphatic carbocycles. The molecule has 184 valence electrons. The number of hydrazine groups is 1. The smallest absolute Gasteiger partial charge is 0.290 e. The number of amides is 3. The van der Waals surface area contributed by atoms with Crippen molar-refractivity contribution >= 4 is 39.8 Å². The van der Waals surface area contributed by atoms with Gasteiger partial charge in [0.2, 0.25) is 5.91 Å². The van der Waals surface area contributed by atoms with Crippen LogP contribution in [0.2, 0.25) is 0 Å². The summed E-state index contributed by atoms with van der Waals surface area (Å²) in [5.74, 6) is -1.21. The lowest BCUT2D eigenvalue weighted by Crippen LogP contribution is -2.48. The van der Waals surface area contributed by atoms with Gasteiger partial charge in [0.05, 0.1) is 10.3 Å². The molecule has 0 radical (unpaired) electrons. The molecule has 2 aromatic heterocycles. The van der Waals surface area contributed by atoms with Gasteiger partial charge in [-0.05, 0) is 36.8 Å². The molecule has 1 aliphatic rings. The van der Waals surface area contributed by atoms with Crippen molar-refractivity contribution in [3.05, 3.63) is 62.7 Å². The average molecular weight is 496 g/mol. The topological polar surface area (TPSA) is 113 Å². The maximum atomic E-state index is 13.0. The number of likely N-dealkylation sites (tertiary alicyclic amines) is 1. The second-order valence-electron chi connectivity index (χ2n) is 8.62. The van der Waals surface area contributed by atoms with Crippen LogP contribution in [0.5, 0.6) is 0 Å². The summed E-state index contributed by atoms with van der Waals surface area (Å²) in [6.07, 6.45) is 3.77. The Labute approximate surface area is 207 Å². The summed E-state index contributed by atoms with van der Waals surface area (Å²) in [6, 6.07) is 10.5. The zero-order chi connectivity index (χ0) is 24.8. The Hall–Kier alpha value is -3.53. The van der Waals surface area contributed by atoms with Gasteiger partial charge < -0.3 is 4.90 Å². The number of rotatable bonds is 7. The predicted octanol–water partition coefficient (Wildman–Crippen LogP) is 2.96. The first kappa shape index (κ1) is 24.6. The van der Waals surface area contributed by atoms with E-state index in [9.17, 15) is 19.2 Å². The third kappa shape index (κ3) is 5.59. The Morgan fingerprint density at radius 3 is 2.46 bits per heavy atom. The third-order valence-electron chi connectivity index (χ3n) is 6.24. The van der Waals surface area contributed by atoms with Crippen LogP contribution in [0.15, 0.2) is 46.6 Å². The number of benzene rings is 1. The van der Waals surface area contributed by atoms with Crippen LogP contribution in [0.25, 0.3) is 10.8 Å². The first-order valence-electron chi connectivity index (χ1n) is 11.9. The molecular formula is C25H29N5O4S. The van der Waals surface area contributed by atoms with Gasteiger partial charge in [-0.3, -0.25) is 30.0 Å². The summed E-state index contributed by atoms with van der Waals surface area (Å²) in [5.41, 5.74) is 4.83. The monoisotopic (exact) mass is 495 g/mol. The number of hydrogen-bond donors (Lipinski definition) is 2. The van der Waals surface area contributed by atoms with Crippen LogP contribution >= 0.6 is 11.3 Å². The summed E-state index contributed by atoms with van der Waals surface area (Å²) in [7, 11) is 0. The van der Waals surface area contributed by atoms with E-state index >= 15 is 0 Å². The molecule has 3 aromatic rings. The Morgan fingerprint density at radius 2 is 1.77 bits per heavy atom. The predicted molar refractivity (Wildman–Crippen MR) is 134 cm³/mol. The number of carbonyl (C=O) groups is 3. The van der Waals surface area contributed by atoms with E-state index in [1.54, 1.807) is 35.2 Å². The molecule has 1 saturated heterocycles. The lowest BCUT2D eigenvalue weighted by Gasteiger charge is -2.31. The van der Waals surface area contributed by atoms with Crippen molar-refractivity contribution in [3.63, 3.8) is 0 Å². The van der Waals surface area contributed by atoms with Gasteiger partial charge in [-0.25, -0.2) is 4.68 Å². The van der Waals surface area contributed by atoms with Crippen LogP contribution in [-0.2, 0) is 11.3 Å². The second-order valence-corrected chi connectivity index (χ2v) is 9.56. The molecule has 2 N–H and O–H groups in total. The third-order valence-corrected chi connectivity index (χ3v) is 7.10. The van der Waals surface area contributed by atoms with Crippen molar-refractivity contribution in [2.24, 2.45) is 5.92 Å². The van der Waals surface area contributed by atoms with Crippen molar-refractivity contribution in [1.82, 2.24) is 25.5 Å². The van der Waals surface area contributed by atoms with Crippen LogP contribution < -0.4 is 16.4 Å². The van der Waals surface area contributed by atoms with Gasteiger partial charge in [-0.1, -0.05) is 44.0 Å². The van der Waals surface area contributed by atoms with Crippen molar-refractivity contribution in [2.75, 3.05) is 13.1 Å². The molecule has 0 saturated carbocycles. The van der Waals surface area contributed by atoms with Crippen LogP contribution in [0.1, 0.15) is 59.2 Å². The molecule has 1 aliphatic heterocycles. The fourth-order valence-corrected chi connectivity index (χ4v) is 4.94. The van der Waals surface area contributed by atoms with Crippen molar-refractivity contribution in [2.45, 2.75) is 45.6 Å². The normalized spacial score (nSPS) is 14.1. The molecular weight excluding hydrogens is 466 g/mol. The fraction of sp³-hybridized carbons (Fsp3) is 0.400. The summed E-state index contributed by atoms with van der Waals surface area (Å²) in [6.45, 7) is 3.46. The Morgan fingerprint density at radius 1 is 1.03 bits per heavy atom. The lowest BCUT2D eigenvalue weighted by molar-refractivity contribution is -0.127. The van der Waals surface area contributed by atoms with Gasteiger partial charge in [0.15, 0.2) is 5.69 Å². The highest BCUT2D eigenvalue weighted by molar-refractivity contribution is 7.12. The zero-order valence-electron chi connectivity index (χ0n) is 19.7. The molecule has 3 heterocycles. The zero-order valence-corrected chi connectivity index (χ0v) is 20.5. The second kappa shape index (κ2) is 11.3. The highest BCUT2D eigenvalue weighted by Crippen LogP contribution is 2.21. The first-order chi connectivity index (χ1) is 17.0. The number of unbranched alkanes of at least 4 members (excludes halogenated alkanes) is 2. The lowest BCUT2D eigenvalue weighted by atomic mass is 9.96. The van der Waals surface area contributed by atoms with Crippen molar-refractivity contribution in [1.29, 1.82) is 0 Å². The molecule has 9 nitrogen and oxygen atoms in total. The molecule has 0 unspecified atom stereocenters. The van der Waals surface area contributed by atoms with Crippen LogP contribution in [0.4, 0.5) is 0 Å². The van der Waals surface area contributed by atoms with Crippen LogP contribution in [0, 0.1) is 5.92 Å². The van der Waals surface area contributed by atoms with Gasteiger partial charge in [-0.2, -0.15) is 5.10 Å². The molecule has 10 heteroatoms. The number of aromatic nitrogens is 2. The van der Waals surface area contributed by atoms with Crippen LogP contribution in [0.3, 0.4) is 0 Å². The van der Waals surface area contributed by atoms with Gasteiger partial charge in [0.25, 0.3) is 17.4 Å². The van der Waals surface area contributed by atoms with E-state index in [4.69, 9.17) is 0 Å². The van der Waals surface area contributed by atoms with Crippen molar-refractivity contribution in [3.8, 4) is 0 Å². The van der Waals surface area contributed by atoms with E-state index < -0.39 is 5.91 Å². The van der Waals surface area contributed by atoms with Gasteiger partial charge in [-0.15, -0.1) is 11.3 Å². The van der Waals surface area contributed by atoms with E-state index in [0.29, 0.717) is 48.1 Å². The molecule has 1 aromatic carbocycles. The van der Waals surface area contributed by atoms with E-state index in [1.165, 1.54) is 16.0 Å². The van der Waals surface area contributed by atoms with E-state index in [-0.39, 0.29) is 29.0 Å². The van der Waals surface area contributed by atoms with E-state index in [0.717, 1.165) is 19.3 Å². The fourth-order valence-electron chi connectivity index (χ4n) is 4.25. The molecule has 0 bridgehead atoms. The molecule has 3 amide bonds. The maximum Gasteiger partial charge on any atom is 0.290 e. The maximum absolute atomic E-state index is 13.0.